The molecule has 3 aromatic heterocycles. The van der Waals surface area contributed by atoms with Crippen molar-refractivity contribution in [1.29, 1.82) is 0 Å². The molecule has 0 N–H and O–H groups in total. The standard InChI is InChI=1S/C32H24N4O4/c1-36-19-18-34-32(36)23-8-4-9-24(20-23)37-25-10-5-12-27(21-25)39-30-15-7-16-31(35-30)40-28-13-6-11-26(22-28)38-29-14-2-3-17-33-29/h2-22H,1H3. The van der Waals surface area contributed by atoms with Crippen molar-refractivity contribution < 1.29 is 18.9 Å². The van der Waals surface area contributed by atoms with E-state index >= 15 is 0 Å². The number of ether oxygens (including phenoxy) is 4. The molecule has 0 atom stereocenters. The molecule has 0 aliphatic carbocycles. The fraction of sp³-hybridized carbons (Fsp3) is 0.0312. The Morgan fingerprint density at radius 1 is 0.500 bits per heavy atom. The minimum atomic E-state index is 0.381. The smallest absolute Gasteiger partial charge is 0.222 e. The lowest BCUT2D eigenvalue weighted by molar-refractivity contribution is 0.419. The number of benzene rings is 3. The van der Waals surface area contributed by atoms with E-state index < -0.39 is 0 Å². The SMILES string of the molecule is Cn1ccnc1-c1cccc(Oc2cccc(Oc3cccc(Oc4cccc(Oc5ccccn5)c4)n3)c2)c1. The van der Waals surface area contributed by atoms with Gasteiger partial charge in [0, 0.05) is 61.5 Å². The van der Waals surface area contributed by atoms with E-state index in [0.717, 1.165) is 11.4 Å². The molecule has 3 heterocycles. The Hall–Kier alpha value is -5.63. The summed E-state index contributed by atoms with van der Waals surface area (Å²) in [7, 11) is 1.96. The van der Waals surface area contributed by atoms with Crippen molar-refractivity contribution in [3.63, 3.8) is 0 Å². The third-order valence-electron chi connectivity index (χ3n) is 5.76. The first-order valence-corrected chi connectivity index (χ1v) is 12.6. The van der Waals surface area contributed by atoms with Gasteiger partial charge in [-0.15, -0.1) is 0 Å². The second-order valence-electron chi connectivity index (χ2n) is 8.73. The van der Waals surface area contributed by atoms with Crippen LogP contribution >= 0.6 is 0 Å². The normalized spacial score (nSPS) is 10.6. The molecular formula is C32H24N4O4. The van der Waals surface area contributed by atoms with Crippen molar-refractivity contribution in [2.24, 2.45) is 7.05 Å². The molecule has 0 unspecified atom stereocenters. The average molecular weight is 529 g/mol. The minimum Gasteiger partial charge on any atom is -0.457 e. The van der Waals surface area contributed by atoms with Crippen molar-refractivity contribution in [2.45, 2.75) is 0 Å². The van der Waals surface area contributed by atoms with Crippen molar-refractivity contribution in [3.05, 3.63) is 128 Å². The van der Waals surface area contributed by atoms with Crippen molar-refractivity contribution >= 4 is 0 Å². The highest BCUT2D eigenvalue weighted by molar-refractivity contribution is 5.58. The number of rotatable bonds is 9. The van der Waals surface area contributed by atoms with Gasteiger partial charge in [0.2, 0.25) is 17.6 Å². The molecule has 0 amide bonds. The molecule has 0 fully saturated rings. The maximum absolute atomic E-state index is 6.11. The van der Waals surface area contributed by atoms with E-state index in [4.69, 9.17) is 18.9 Å². The summed E-state index contributed by atoms with van der Waals surface area (Å²) < 4.78 is 25.9. The minimum absolute atomic E-state index is 0.381. The predicted molar refractivity (Wildman–Crippen MR) is 150 cm³/mol. The van der Waals surface area contributed by atoms with Crippen molar-refractivity contribution in [3.8, 4) is 57.8 Å². The Morgan fingerprint density at radius 3 is 1.65 bits per heavy atom. The molecule has 6 aromatic rings. The van der Waals surface area contributed by atoms with E-state index in [-0.39, 0.29) is 0 Å². The third kappa shape index (κ3) is 6.08. The maximum Gasteiger partial charge on any atom is 0.222 e. The number of aryl methyl sites for hydroxylation is 1. The van der Waals surface area contributed by atoms with Gasteiger partial charge in [0.25, 0.3) is 0 Å². The Morgan fingerprint density at radius 2 is 1.05 bits per heavy atom. The zero-order chi connectivity index (χ0) is 27.1. The Labute approximate surface area is 231 Å². The summed E-state index contributed by atoms with van der Waals surface area (Å²) in [6.07, 6.45) is 5.36. The summed E-state index contributed by atoms with van der Waals surface area (Å²) in [5.41, 5.74) is 0.965. The highest BCUT2D eigenvalue weighted by Crippen LogP contribution is 2.31. The van der Waals surface area contributed by atoms with Gasteiger partial charge in [-0.1, -0.05) is 36.4 Å². The fourth-order valence-electron chi connectivity index (χ4n) is 3.96. The average Bonchev–Trinajstić information content (AvgIpc) is 3.40. The number of imidazole rings is 1. The van der Waals surface area contributed by atoms with E-state index in [9.17, 15) is 0 Å². The van der Waals surface area contributed by atoms with Crippen molar-refractivity contribution in [1.82, 2.24) is 19.5 Å². The van der Waals surface area contributed by atoms with E-state index in [1.54, 1.807) is 42.7 Å². The van der Waals surface area contributed by atoms with Crippen LogP contribution in [-0.2, 0) is 7.05 Å². The van der Waals surface area contributed by atoms with Crippen LogP contribution in [0.4, 0.5) is 0 Å². The molecule has 0 saturated heterocycles. The monoisotopic (exact) mass is 528 g/mol. The summed E-state index contributed by atoms with van der Waals surface area (Å²) in [4.78, 5) is 13.1. The Balaban J connectivity index is 1.13. The van der Waals surface area contributed by atoms with Gasteiger partial charge in [0.05, 0.1) is 0 Å². The number of hydrogen-bond acceptors (Lipinski definition) is 7. The molecule has 8 nitrogen and oxygen atoms in total. The van der Waals surface area contributed by atoms with Crippen LogP contribution in [-0.4, -0.2) is 19.5 Å². The zero-order valence-corrected chi connectivity index (χ0v) is 21.5. The van der Waals surface area contributed by atoms with E-state index in [2.05, 4.69) is 15.0 Å². The predicted octanol–water partition coefficient (Wildman–Crippen LogP) is 8.05. The molecule has 0 aliphatic heterocycles. The van der Waals surface area contributed by atoms with Crippen LogP contribution in [0.25, 0.3) is 11.4 Å². The van der Waals surface area contributed by atoms with Crippen molar-refractivity contribution in [2.75, 3.05) is 0 Å². The van der Waals surface area contributed by atoms with Crippen LogP contribution in [0.2, 0.25) is 0 Å². The van der Waals surface area contributed by atoms with Gasteiger partial charge < -0.3 is 23.5 Å². The van der Waals surface area contributed by atoms with Gasteiger partial charge in [0.15, 0.2) is 0 Å². The Kier molecular flexibility index (Phi) is 7.04. The quantitative estimate of drug-likeness (QED) is 0.188. The Bertz CT molecular complexity index is 1740. The molecule has 3 aromatic carbocycles. The second kappa shape index (κ2) is 11.4. The topological polar surface area (TPSA) is 80.5 Å². The molecule has 0 aliphatic rings. The van der Waals surface area contributed by atoms with Gasteiger partial charge in [-0.3, -0.25) is 0 Å². The van der Waals surface area contributed by atoms with Gasteiger partial charge >= 0.3 is 0 Å². The van der Waals surface area contributed by atoms with Crippen LogP contribution < -0.4 is 18.9 Å². The fourth-order valence-corrected chi connectivity index (χ4v) is 3.96. The van der Waals surface area contributed by atoms with Crippen LogP contribution in [0, 0.1) is 0 Å². The molecule has 8 heteroatoms. The highest BCUT2D eigenvalue weighted by atomic mass is 16.5. The number of aromatic nitrogens is 4. The number of hydrogen-bond donors (Lipinski definition) is 0. The van der Waals surface area contributed by atoms with Gasteiger partial charge in [-0.2, -0.15) is 4.98 Å². The molecule has 6 rings (SSSR count). The first kappa shape index (κ1) is 24.7. The summed E-state index contributed by atoms with van der Waals surface area (Å²) >= 11 is 0. The molecule has 0 bridgehead atoms. The van der Waals surface area contributed by atoms with E-state index in [1.165, 1.54) is 0 Å². The first-order chi connectivity index (χ1) is 19.7. The van der Waals surface area contributed by atoms with Crippen LogP contribution in [0.3, 0.4) is 0 Å². The summed E-state index contributed by atoms with van der Waals surface area (Å²) in [5, 5.41) is 0. The van der Waals surface area contributed by atoms with E-state index in [0.29, 0.717) is 46.4 Å². The largest absolute Gasteiger partial charge is 0.457 e. The maximum atomic E-state index is 6.11. The van der Waals surface area contributed by atoms with Gasteiger partial charge in [-0.25, -0.2) is 9.97 Å². The van der Waals surface area contributed by atoms with Gasteiger partial charge in [-0.05, 0) is 42.5 Å². The summed E-state index contributed by atoms with van der Waals surface area (Å²) in [6, 6.07) is 33.2. The molecule has 0 saturated carbocycles. The van der Waals surface area contributed by atoms with Crippen LogP contribution in [0.5, 0.6) is 46.4 Å². The first-order valence-electron chi connectivity index (χ1n) is 12.6. The molecule has 0 spiro atoms. The van der Waals surface area contributed by atoms with Gasteiger partial charge in [0.1, 0.15) is 34.6 Å². The van der Waals surface area contributed by atoms with E-state index in [1.807, 2.05) is 96.7 Å². The number of nitrogens with zero attached hydrogens (tertiary/aromatic N) is 4. The molecule has 0 radical (unpaired) electrons. The lowest BCUT2D eigenvalue weighted by Crippen LogP contribution is -1.93. The van der Waals surface area contributed by atoms with Crippen LogP contribution in [0.1, 0.15) is 0 Å². The lowest BCUT2D eigenvalue weighted by Gasteiger charge is -2.11. The molecule has 40 heavy (non-hydrogen) atoms. The summed E-state index contributed by atoms with van der Waals surface area (Å²) in [5.74, 6) is 5.20. The van der Waals surface area contributed by atoms with Crippen LogP contribution in [0.15, 0.2) is 128 Å². The zero-order valence-electron chi connectivity index (χ0n) is 21.5. The molecular weight excluding hydrogens is 504 g/mol. The lowest BCUT2D eigenvalue weighted by atomic mass is 10.2. The molecule has 196 valence electrons. The second-order valence-corrected chi connectivity index (χ2v) is 8.73. The number of pyridine rings is 2. The summed E-state index contributed by atoms with van der Waals surface area (Å²) in [6.45, 7) is 0. The third-order valence-corrected chi connectivity index (χ3v) is 5.76. The highest BCUT2D eigenvalue weighted by Gasteiger charge is 2.08.